The average molecular weight is 505 g/mol. The highest BCUT2D eigenvalue weighted by atomic mass is 79.9. The summed E-state index contributed by atoms with van der Waals surface area (Å²) in [4.78, 5) is 12.3. The van der Waals surface area contributed by atoms with E-state index >= 15 is 0 Å². The van der Waals surface area contributed by atoms with Gasteiger partial charge in [0.05, 0.1) is 10.6 Å². The maximum Gasteiger partial charge on any atom is 0.241 e. The predicted octanol–water partition coefficient (Wildman–Crippen LogP) is 5.20. The van der Waals surface area contributed by atoms with E-state index in [1.54, 1.807) is 25.1 Å². The van der Waals surface area contributed by atoms with Crippen molar-refractivity contribution in [2.24, 2.45) is 0 Å². The highest BCUT2D eigenvalue weighted by molar-refractivity contribution is 9.10. The summed E-state index contributed by atoms with van der Waals surface area (Å²) in [6.07, 6.45) is 0.545. The molecule has 0 bridgehead atoms. The van der Waals surface area contributed by atoms with Crippen LogP contribution in [0.1, 0.15) is 30.5 Å². The van der Waals surface area contributed by atoms with Crippen molar-refractivity contribution in [1.82, 2.24) is 4.72 Å². The monoisotopic (exact) mass is 504 g/mol. The number of nitrogens with one attached hydrogen (secondary N) is 2. The minimum absolute atomic E-state index is 0.119. The molecule has 0 aliphatic heterocycles. The first-order valence-corrected chi connectivity index (χ1v) is 11.9. The lowest BCUT2D eigenvalue weighted by molar-refractivity contribution is -0.116. The Hall–Kier alpha value is -2.55. The normalized spacial score (nSPS) is 12.4. The lowest BCUT2D eigenvalue weighted by atomic mass is 10.1. The van der Waals surface area contributed by atoms with Crippen LogP contribution in [0, 0.1) is 5.82 Å². The first-order valence-electron chi connectivity index (χ1n) is 9.66. The molecule has 1 atom stereocenters. The molecular weight excluding hydrogens is 483 g/mol. The van der Waals surface area contributed by atoms with Crippen molar-refractivity contribution in [2.45, 2.75) is 30.7 Å². The van der Waals surface area contributed by atoms with Gasteiger partial charge in [-0.05, 0) is 54.8 Å². The van der Waals surface area contributed by atoms with Crippen molar-refractivity contribution < 1.29 is 17.6 Å². The van der Waals surface area contributed by atoms with Crippen molar-refractivity contribution in [3.05, 3.63) is 94.2 Å². The van der Waals surface area contributed by atoms with Crippen LogP contribution in [0.25, 0.3) is 0 Å². The van der Waals surface area contributed by atoms with Gasteiger partial charge < -0.3 is 5.32 Å². The molecule has 31 heavy (non-hydrogen) atoms. The Balaban J connectivity index is 1.57. The van der Waals surface area contributed by atoms with Gasteiger partial charge in [-0.25, -0.2) is 17.5 Å². The number of sulfonamides is 1. The minimum Gasteiger partial charge on any atom is -0.324 e. The maximum atomic E-state index is 13.8. The number of carbonyl (C=O) groups excluding carboxylic acids is 1. The second-order valence-corrected chi connectivity index (χ2v) is 9.70. The van der Waals surface area contributed by atoms with Gasteiger partial charge in [-0.2, -0.15) is 0 Å². The van der Waals surface area contributed by atoms with Gasteiger partial charge in [0.1, 0.15) is 5.82 Å². The molecule has 162 valence electrons. The number of carbonyl (C=O) groups is 1. The summed E-state index contributed by atoms with van der Waals surface area (Å²) < 4.78 is 42.4. The molecule has 3 rings (SSSR count). The minimum atomic E-state index is -3.68. The summed E-state index contributed by atoms with van der Waals surface area (Å²) in [7, 11) is -3.68. The molecule has 2 N–H and O–H groups in total. The largest absolute Gasteiger partial charge is 0.324 e. The van der Waals surface area contributed by atoms with Crippen molar-refractivity contribution in [1.29, 1.82) is 0 Å². The highest BCUT2D eigenvalue weighted by Crippen LogP contribution is 2.20. The number of amides is 1. The molecule has 3 aromatic rings. The molecular formula is C23H22BrFN2O3S. The van der Waals surface area contributed by atoms with Crippen LogP contribution in [0.5, 0.6) is 0 Å². The standard InChI is InChI=1S/C23H22BrFN2O3S/c1-16(18-5-3-2-4-6-18)27-31(29,30)20-11-7-17(8-12-20)9-14-23(28)26-22-13-10-19(24)15-21(22)25/h2-8,10-13,15-16,27H,9,14H2,1H3,(H,26,28)/t16-/m1/s1. The third kappa shape index (κ3) is 6.46. The Labute approximate surface area is 189 Å². The number of rotatable bonds is 8. The number of hydrogen-bond acceptors (Lipinski definition) is 3. The first-order chi connectivity index (χ1) is 14.7. The zero-order valence-corrected chi connectivity index (χ0v) is 19.2. The lowest BCUT2D eigenvalue weighted by Crippen LogP contribution is -2.26. The molecule has 0 aliphatic carbocycles. The Morgan fingerprint density at radius 2 is 1.71 bits per heavy atom. The van der Waals surface area contributed by atoms with Crippen LogP contribution in [0.15, 0.2) is 82.2 Å². The quantitative estimate of drug-likeness (QED) is 0.442. The molecule has 5 nitrogen and oxygen atoms in total. The molecule has 0 radical (unpaired) electrons. The van der Waals surface area contributed by atoms with Crippen molar-refractivity contribution in [3.8, 4) is 0 Å². The summed E-state index contributed by atoms with van der Waals surface area (Å²) in [6, 6.07) is 19.7. The Morgan fingerprint density at radius 1 is 1.03 bits per heavy atom. The van der Waals surface area contributed by atoms with E-state index in [1.807, 2.05) is 30.3 Å². The van der Waals surface area contributed by atoms with E-state index in [0.717, 1.165) is 11.1 Å². The van der Waals surface area contributed by atoms with Gasteiger partial charge in [0.25, 0.3) is 0 Å². The SMILES string of the molecule is C[C@@H](NS(=O)(=O)c1ccc(CCC(=O)Nc2ccc(Br)cc2F)cc1)c1ccccc1. The van der Waals surface area contributed by atoms with Gasteiger partial charge in [0, 0.05) is 16.9 Å². The summed E-state index contributed by atoms with van der Waals surface area (Å²) in [5, 5.41) is 2.54. The molecule has 0 spiro atoms. The second kappa shape index (κ2) is 10.2. The van der Waals surface area contributed by atoms with E-state index in [-0.39, 0.29) is 29.0 Å². The molecule has 1 amide bonds. The number of anilines is 1. The first kappa shape index (κ1) is 23.1. The molecule has 0 saturated heterocycles. The zero-order valence-electron chi connectivity index (χ0n) is 16.8. The fourth-order valence-electron chi connectivity index (χ4n) is 3.01. The van der Waals surface area contributed by atoms with Gasteiger partial charge >= 0.3 is 0 Å². The summed E-state index contributed by atoms with van der Waals surface area (Å²) >= 11 is 3.17. The van der Waals surface area contributed by atoms with E-state index in [4.69, 9.17) is 0 Å². The number of hydrogen-bond donors (Lipinski definition) is 2. The third-order valence-corrected chi connectivity index (χ3v) is 6.76. The molecule has 8 heteroatoms. The van der Waals surface area contributed by atoms with Crippen molar-refractivity contribution in [2.75, 3.05) is 5.32 Å². The Kier molecular flexibility index (Phi) is 7.59. The molecule has 0 heterocycles. The van der Waals surface area contributed by atoms with Gasteiger partial charge in [-0.3, -0.25) is 4.79 Å². The summed E-state index contributed by atoms with van der Waals surface area (Å²) in [5.41, 5.74) is 1.80. The zero-order chi connectivity index (χ0) is 22.4. The summed E-state index contributed by atoms with van der Waals surface area (Å²) in [5.74, 6) is -0.842. The molecule has 0 unspecified atom stereocenters. The smallest absolute Gasteiger partial charge is 0.241 e. The Morgan fingerprint density at radius 3 is 2.35 bits per heavy atom. The van der Waals surface area contributed by atoms with E-state index in [9.17, 15) is 17.6 Å². The molecule has 0 saturated carbocycles. The average Bonchev–Trinajstić information content (AvgIpc) is 2.75. The number of aryl methyl sites for hydroxylation is 1. The van der Waals surface area contributed by atoms with E-state index < -0.39 is 15.8 Å². The van der Waals surface area contributed by atoms with Crippen LogP contribution < -0.4 is 10.0 Å². The van der Waals surface area contributed by atoms with Crippen molar-refractivity contribution in [3.63, 3.8) is 0 Å². The van der Waals surface area contributed by atoms with Crippen LogP contribution in [0.2, 0.25) is 0 Å². The van der Waals surface area contributed by atoms with Crippen molar-refractivity contribution >= 4 is 37.5 Å². The third-order valence-electron chi connectivity index (χ3n) is 4.71. The molecule has 0 aliphatic rings. The van der Waals surface area contributed by atoms with E-state index in [2.05, 4.69) is 26.0 Å². The molecule has 0 fully saturated rings. The highest BCUT2D eigenvalue weighted by Gasteiger charge is 2.18. The van der Waals surface area contributed by atoms with E-state index in [0.29, 0.717) is 10.9 Å². The molecule has 3 aromatic carbocycles. The van der Waals surface area contributed by atoms with Gasteiger partial charge in [-0.15, -0.1) is 0 Å². The second-order valence-electron chi connectivity index (χ2n) is 7.07. The van der Waals surface area contributed by atoms with Crippen LogP contribution in [0.3, 0.4) is 0 Å². The summed E-state index contributed by atoms with van der Waals surface area (Å²) in [6.45, 7) is 1.79. The fourth-order valence-corrected chi connectivity index (χ4v) is 4.57. The van der Waals surface area contributed by atoms with Crippen LogP contribution in [-0.4, -0.2) is 14.3 Å². The fraction of sp³-hybridized carbons (Fsp3) is 0.174. The van der Waals surface area contributed by atoms with Gasteiger partial charge in [0.2, 0.25) is 15.9 Å². The predicted molar refractivity (Wildman–Crippen MR) is 123 cm³/mol. The molecule has 0 aromatic heterocycles. The Bertz CT molecular complexity index is 1150. The van der Waals surface area contributed by atoms with Crippen LogP contribution in [0.4, 0.5) is 10.1 Å². The van der Waals surface area contributed by atoms with Gasteiger partial charge in [-0.1, -0.05) is 58.4 Å². The van der Waals surface area contributed by atoms with Crippen LogP contribution >= 0.6 is 15.9 Å². The van der Waals surface area contributed by atoms with Gasteiger partial charge in [0.15, 0.2) is 0 Å². The number of halogens is 2. The topological polar surface area (TPSA) is 75.3 Å². The van der Waals surface area contributed by atoms with Crippen LogP contribution in [-0.2, 0) is 21.2 Å². The maximum absolute atomic E-state index is 13.8. The number of benzene rings is 3. The van der Waals surface area contributed by atoms with E-state index in [1.165, 1.54) is 24.3 Å². The lowest BCUT2D eigenvalue weighted by Gasteiger charge is -2.15.